The van der Waals surface area contributed by atoms with Crippen molar-refractivity contribution in [2.75, 3.05) is 5.43 Å². The fourth-order valence-corrected chi connectivity index (χ4v) is 3.42. The summed E-state index contributed by atoms with van der Waals surface area (Å²) in [5, 5.41) is 3.01. The van der Waals surface area contributed by atoms with Crippen molar-refractivity contribution in [3.8, 4) is 0 Å². The second-order valence-corrected chi connectivity index (χ2v) is 7.84. The van der Waals surface area contributed by atoms with Gasteiger partial charge in [-0.3, -0.25) is 10.2 Å². The Morgan fingerprint density at radius 2 is 1.62 bits per heavy atom. The van der Waals surface area contributed by atoms with E-state index in [0.717, 1.165) is 5.56 Å². The lowest BCUT2D eigenvalue weighted by atomic mass is 10.2. The van der Waals surface area contributed by atoms with Gasteiger partial charge in [-0.15, -0.1) is 0 Å². The van der Waals surface area contributed by atoms with E-state index >= 15 is 0 Å². The highest BCUT2D eigenvalue weighted by atomic mass is 35.5. The fraction of sp³-hybridized carbons (Fsp3) is 0.125. The van der Waals surface area contributed by atoms with Gasteiger partial charge >= 0.3 is 0 Å². The van der Waals surface area contributed by atoms with Gasteiger partial charge in [-0.2, -0.15) is 5.10 Å². The topological polar surface area (TPSA) is 75.6 Å². The van der Waals surface area contributed by atoms with Gasteiger partial charge in [0.1, 0.15) is 0 Å². The molecule has 0 aliphatic heterocycles. The van der Waals surface area contributed by atoms with Crippen LogP contribution in [0.2, 0.25) is 0 Å². The smallest absolute Gasteiger partial charge is 0.229 e. The quantitative estimate of drug-likeness (QED) is 0.370. The maximum absolute atomic E-state index is 12.6. The number of nitrogens with zero attached hydrogens (tertiary/aromatic N) is 1. The van der Waals surface area contributed by atoms with E-state index in [9.17, 15) is 13.2 Å². The predicted molar refractivity (Wildman–Crippen MR) is 96.4 cm³/mol. The molecule has 0 amide bonds. The first-order valence-electron chi connectivity index (χ1n) is 6.85. The number of halogens is 2. The third kappa shape index (κ3) is 4.35. The van der Waals surface area contributed by atoms with Gasteiger partial charge in [-0.25, -0.2) is 8.42 Å². The molecule has 0 saturated carbocycles. The molecule has 2 aromatic carbocycles. The molecule has 126 valence electrons. The van der Waals surface area contributed by atoms with Gasteiger partial charge in [0, 0.05) is 0 Å². The van der Waals surface area contributed by atoms with Gasteiger partial charge in [0.15, 0.2) is 4.84 Å². The lowest BCUT2D eigenvalue weighted by molar-refractivity contribution is -0.111. The molecule has 0 aromatic heterocycles. The van der Waals surface area contributed by atoms with E-state index < -0.39 is 25.5 Å². The van der Waals surface area contributed by atoms with Crippen molar-refractivity contribution < 1.29 is 13.2 Å². The Morgan fingerprint density at radius 3 is 2.17 bits per heavy atom. The summed E-state index contributed by atoms with van der Waals surface area (Å²) in [6.45, 7) is 1.91. The number of ketones is 1. The van der Waals surface area contributed by atoms with Gasteiger partial charge in [0.2, 0.25) is 20.7 Å². The first-order valence-corrected chi connectivity index (χ1v) is 9.21. The summed E-state index contributed by atoms with van der Waals surface area (Å²) >= 11 is 11.1. The van der Waals surface area contributed by atoms with E-state index in [1.807, 2.05) is 19.1 Å². The maximum Gasteiger partial charge on any atom is 0.229 e. The number of carbonyl (C=O) groups excluding carboxylic acids is 1. The highest BCUT2D eigenvalue weighted by Crippen LogP contribution is 2.17. The Hall–Kier alpha value is -1.89. The number of hydrazone groups is 1. The first-order chi connectivity index (χ1) is 11.3. The Balaban J connectivity index is 2.43. The average Bonchev–Trinajstić information content (AvgIpc) is 2.57. The number of hydrogen-bond acceptors (Lipinski definition) is 5. The lowest BCUT2D eigenvalue weighted by Gasteiger charge is -2.09. The Labute approximate surface area is 150 Å². The molecule has 0 spiro atoms. The summed E-state index contributed by atoms with van der Waals surface area (Å²) in [6, 6.07) is 14.5. The Bertz CT molecular complexity index is 849. The Kier molecular flexibility index (Phi) is 5.99. The van der Waals surface area contributed by atoms with Gasteiger partial charge in [0.25, 0.3) is 0 Å². The molecule has 0 aliphatic rings. The van der Waals surface area contributed by atoms with Crippen LogP contribution in [-0.2, 0) is 14.6 Å². The van der Waals surface area contributed by atoms with E-state index in [2.05, 4.69) is 10.5 Å². The van der Waals surface area contributed by atoms with Crippen LogP contribution >= 0.6 is 23.2 Å². The molecule has 0 atom stereocenters. The summed E-state index contributed by atoms with van der Waals surface area (Å²) in [5.41, 5.74) is 4.10. The molecular weight excluding hydrogens is 371 g/mol. The van der Waals surface area contributed by atoms with Crippen molar-refractivity contribution in [3.63, 3.8) is 0 Å². The SMILES string of the molecule is Cc1ccc(N/N=C(\C(=O)C(Cl)Cl)S(=O)(=O)c2ccccc2)cc1. The third-order valence-corrected chi connectivity index (χ3v) is 5.15. The highest BCUT2D eigenvalue weighted by Gasteiger charge is 2.32. The molecule has 0 aliphatic carbocycles. The molecule has 0 heterocycles. The zero-order chi connectivity index (χ0) is 17.7. The van der Waals surface area contributed by atoms with Crippen molar-refractivity contribution in [3.05, 3.63) is 60.2 Å². The van der Waals surface area contributed by atoms with Crippen LogP contribution in [0.1, 0.15) is 5.56 Å². The van der Waals surface area contributed by atoms with Crippen LogP contribution in [0.3, 0.4) is 0 Å². The van der Waals surface area contributed by atoms with Crippen LogP contribution in [-0.4, -0.2) is 24.1 Å². The average molecular weight is 385 g/mol. The summed E-state index contributed by atoms with van der Waals surface area (Å²) in [6.07, 6.45) is 0. The molecule has 0 bridgehead atoms. The minimum Gasteiger partial charge on any atom is -0.288 e. The number of nitrogens with one attached hydrogen (secondary N) is 1. The molecule has 0 radical (unpaired) electrons. The molecule has 1 N–H and O–H groups in total. The molecular formula is C16H14Cl2N2O3S. The van der Waals surface area contributed by atoms with Crippen molar-refractivity contribution in [1.82, 2.24) is 0 Å². The number of anilines is 1. The van der Waals surface area contributed by atoms with Gasteiger partial charge < -0.3 is 0 Å². The zero-order valence-electron chi connectivity index (χ0n) is 12.6. The molecule has 8 heteroatoms. The van der Waals surface area contributed by atoms with Gasteiger partial charge in [-0.1, -0.05) is 59.1 Å². The van der Waals surface area contributed by atoms with Crippen molar-refractivity contribution >= 4 is 49.6 Å². The number of Topliss-reactive ketones (excluding diaryl/α,β-unsaturated/α-hetero) is 1. The lowest BCUT2D eigenvalue weighted by Crippen LogP contribution is -2.30. The van der Waals surface area contributed by atoms with Crippen LogP contribution in [0.4, 0.5) is 5.69 Å². The summed E-state index contributed by atoms with van der Waals surface area (Å²) in [5.74, 6) is -0.998. The first kappa shape index (κ1) is 18.4. The molecule has 0 saturated heterocycles. The van der Waals surface area contributed by atoms with Crippen molar-refractivity contribution in [1.29, 1.82) is 0 Å². The minimum absolute atomic E-state index is 0.0724. The number of aryl methyl sites for hydroxylation is 1. The minimum atomic E-state index is -4.15. The standard InChI is InChI=1S/C16H14Cl2N2O3S/c1-11-7-9-12(10-8-11)19-20-16(14(21)15(17)18)24(22,23)13-5-3-2-4-6-13/h2-10,15,19H,1H3/b20-16+. The third-order valence-electron chi connectivity index (χ3n) is 3.06. The fourth-order valence-electron chi connectivity index (χ4n) is 1.80. The monoisotopic (exact) mass is 384 g/mol. The number of rotatable bonds is 5. The van der Waals surface area contributed by atoms with Crippen LogP contribution in [0.15, 0.2) is 64.6 Å². The van der Waals surface area contributed by atoms with Crippen LogP contribution in [0.25, 0.3) is 0 Å². The van der Waals surface area contributed by atoms with E-state index in [4.69, 9.17) is 23.2 Å². The van der Waals surface area contributed by atoms with Crippen LogP contribution < -0.4 is 5.43 Å². The van der Waals surface area contributed by atoms with Crippen molar-refractivity contribution in [2.45, 2.75) is 16.7 Å². The molecule has 5 nitrogen and oxygen atoms in total. The highest BCUT2D eigenvalue weighted by molar-refractivity contribution is 8.08. The molecule has 0 fully saturated rings. The number of sulfone groups is 1. The summed E-state index contributed by atoms with van der Waals surface area (Å²) in [7, 11) is -4.15. The van der Waals surface area contributed by atoms with Crippen LogP contribution in [0.5, 0.6) is 0 Å². The largest absolute Gasteiger partial charge is 0.288 e. The molecule has 2 rings (SSSR count). The predicted octanol–water partition coefficient (Wildman–Crippen LogP) is 3.57. The number of carbonyl (C=O) groups is 1. The zero-order valence-corrected chi connectivity index (χ0v) is 14.9. The Morgan fingerprint density at radius 1 is 1.04 bits per heavy atom. The number of hydrogen-bond donors (Lipinski definition) is 1. The van der Waals surface area contributed by atoms with Crippen LogP contribution in [0, 0.1) is 6.92 Å². The van der Waals surface area contributed by atoms with Crippen molar-refractivity contribution in [2.24, 2.45) is 5.10 Å². The second kappa shape index (κ2) is 7.79. The molecule has 24 heavy (non-hydrogen) atoms. The van der Waals surface area contributed by atoms with E-state index in [0.29, 0.717) is 5.69 Å². The number of alkyl halides is 2. The van der Waals surface area contributed by atoms with Gasteiger partial charge in [-0.05, 0) is 31.2 Å². The van der Waals surface area contributed by atoms with Gasteiger partial charge in [0.05, 0.1) is 10.6 Å². The van der Waals surface area contributed by atoms with E-state index in [1.165, 1.54) is 12.1 Å². The number of benzene rings is 2. The normalized spacial score (nSPS) is 12.2. The summed E-state index contributed by atoms with van der Waals surface area (Å²) < 4.78 is 25.3. The van der Waals surface area contributed by atoms with E-state index in [1.54, 1.807) is 30.3 Å². The molecule has 0 unspecified atom stereocenters. The molecule has 2 aromatic rings. The van der Waals surface area contributed by atoms with E-state index in [-0.39, 0.29) is 4.90 Å². The maximum atomic E-state index is 12.6. The summed E-state index contributed by atoms with van der Waals surface area (Å²) in [4.78, 5) is 10.5. The second-order valence-electron chi connectivity index (χ2n) is 4.88.